The SMILES string of the molecule is OP(O)[O][Ir]. The van der Waals surface area contributed by atoms with Crippen LogP contribution in [-0.4, -0.2) is 9.79 Å². The van der Waals surface area contributed by atoms with Crippen molar-refractivity contribution in [3.63, 3.8) is 0 Å². The second-order valence-electron chi connectivity index (χ2n) is 0.314. The Balaban J connectivity index is 2.54. The first-order valence-corrected chi connectivity index (χ1v) is 2.86. The molecular weight excluding hydrogens is 271 g/mol. The standard InChI is InChI=1S/Ir.H2O3P/c;1-4(2)3/h;1-2H/q+1;-1. The summed E-state index contributed by atoms with van der Waals surface area (Å²) in [6.45, 7) is 0. The first kappa shape index (κ1) is 5.96. The first-order chi connectivity index (χ1) is 2.27. The van der Waals surface area contributed by atoms with Crippen molar-refractivity contribution in [3.8, 4) is 0 Å². The minimum absolute atomic E-state index is 1.23. The van der Waals surface area contributed by atoms with Crippen LogP contribution in [0.15, 0.2) is 0 Å². The number of hydrogen-bond donors (Lipinski definition) is 2. The van der Waals surface area contributed by atoms with Crippen molar-refractivity contribution in [2.45, 2.75) is 0 Å². The van der Waals surface area contributed by atoms with E-state index in [0.29, 0.717) is 0 Å². The van der Waals surface area contributed by atoms with Gasteiger partial charge < -0.3 is 0 Å². The summed E-state index contributed by atoms with van der Waals surface area (Å²) >= 11 is 1.23. The van der Waals surface area contributed by atoms with Gasteiger partial charge in [0.1, 0.15) is 0 Å². The van der Waals surface area contributed by atoms with Crippen LogP contribution in [0.1, 0.15) is 0 Å². The molecule has 34 valence electrons. The molecule has 0 radical (unpaired) electrons. The van der Waals surface area contributed by atoms with Crippen LogP contribution in [0.25, 0.3) is 0 Å². The molecule has 0 aromatic rings. The van der Waals surface area contributed by atoms with Crippen LogP contribution in [0.4, 0.5) is 0 Å². The Morgan fingerprint density at radius 1 is 1.60 bits per heavy atom. The summed E-state index contributed by atoms with van der Waals surface area (Å²) in [4.78, 5) is 15.5. The van der Waals surface area contributed by atoms with E-state index in [9.17, 15) is 0 Å². The molecule has 0 atom stereocenters. The van der Waals surface area contributed by atoms with Crippen LogP contribution in [0.2, 0.25) is 0 Å². The molecule has 0 saturated heterocycles. The summed E-state index contributed by atoms with van der Waals surface area (Å²) in [5.74, 6) is 0. The molecular formula is H2IrO3P. The first-order valence-electron chi connectivity index (χ1n) is 0.719. The van der Waals surface area contributed by atoms with E-state index in [-0.39, 0.29) is 0 Å². The van der Waals surface area contributed by atoms with Gasteiger partial charge in [-0.2, -0.15) is 0 Å². The second kappa shape index (κ2) is 3.16. The molecule has 0 bridgehead atoms. The van der Waals surface area contributed by atoms with E-state index in [2.05, 4.69) is 3.28 Å². The zero-order valence-electron chi connectivity index (χ0n) is 2.08. The van der Waals surface area contributed by atoms with Crippen molar-refractivity contribution in [2.75, 3.05) is 0 Å². The molecule has 0 amide bonds. The summed E-state index contributed by atoms with van der Waals surface area (Å²) in [5.41, 5.74) is 0. The molecule has 0 unspecified atom stereocenters. The van der Waals surface area contributed by atoms with Crippen LogP contribution in [0, 0.1) is 0 Å². The number of rotatable bonds is 1. The Bertz CT molecular complexity index is 20.9. The minimum atomic E-state index is -2.10. The molecule has 0 aliphatic carbocycles. The van der Waals surface area contributed by atoms with Gasteiger partial charge in [0.05, 0.1) is 0 Å². The van der Waals surface area contributed by atoms with Crippen molar-refractivity contribution in [3.05, 3.63) is 0 Å². The fraction of sp³-hybridized carbons (Fsp3) is 0. The molecule has 0 fully saturated rings. The molecule has 0 spiro atoms. The van der Waals surface area contributed by atoms with Gasteiger partial charge in [-0.1, -0.05) is 0 Å². The average Bonchev–Trinajstić information content (AvgIpc) is 1.38. The Labute approximate surface area is 41.5 Å². The molecule has 0 saturated carbocycles. The van der Waals surface area contributed by atoms with Crippen LogP contribution in [-0.2, 0) is 22.5 Å². The summed E-state index contributed by atoms with van der Waals surface area (Å²) in [5, 5.41) is 0. The Morgan fingerprint density at radius 3 is 1.80 bits per heavy atom. The van der Waals surface area contributed by atoms with Gasteiger partial charge in [-0.25, -0.2) is 0 Å². The predicted molar refractivity (Wildman–Crippen MR) is 12.4 cm³/mol. The van der Waals surface area contributed by atoms with Crippen LogP contribution in [0.5, 0.6) is 0 Å². The van der Waals surface area contributed by atoms with E-state index in [1.54, 1.807) is 0 Å². The Kier molecular flexibility index (Phi) is 3.77. The second-order valence-corrected chi connectivity index (χ2v) is 2.25. The van der Waals surface area contributed by atoms with E-state index in [1.807, 2.05) is 0 Å². The van der Waals surface area contributed by atoms with Crippen LogP contribution >= 0.6 is 8.60 Å². The molecule has 0 aromatic heterocycles. The zero-order valence-corrected chi connectivity index (χ0v) is 5.37. The normalized spacial score (nSPS) is 9.80. The maximum atomic E-state index is 7.76. The van der Waals surface area contributed by atoms with Gasteiger partial charge in [0, 0.05) is 0 Å². The van der Waals surface area contributed by atoms with Gasteiger partial charge in [0.15, 0.2) is 0 Å². The predicted octanol–water partition coefficient (Wildman–Crippen LogP) is -0.324. The zero-order chi connectivity index (χ0) is 4.28. The fourth-order valence-corrected chi connectivity index (χ4v) is 0. The molecule has 0 rings (SSSR count). The maximum absolute atomic E-state index is 7.76. The van der Waals surface area contributed by atoms with E-state index in [4.69, 9.17) is 9.79 Å². The molecule has 0 aromatic carbocycles. The summed E-state index contributed by atoms with van der Waals surface area (Å²) in [6.07, 6.45) is 0. The van der Waals surface area contributed by atoms with Gasteiger partial charge in [0.2, 0.25) is 0 Å². The van der Waals surface area contributed by atoms with Crippen LogP contribution < -0.4 is 0 Å². The van der Waals surface area contributed by atoms with E-state index in [1.165, 1.54) is 19.3 Å². The molecule has 2 N–H and O–H groups in total. The van der Waals surface area contributed by atoms with Crippen molar-refractivity contribution < 1.29 is 32.3 Å². The van der Waals surface area contributed by atoms with Gasteiger partial charge in [-0.15, -0.1) is 0 Å². The quantitative estimate of drug-likeness (QED) is 0.644. The monoisotopic (exact) mass is 274 g/mol. The summed E-state index contributed by atoms with van der Waals surface area (Å²) in [7, 11) is -2.10. The molecule has 5 heavy (non-hydrogen) atoms. The molecule has 5 heteroatoms. The Morgan fingerprint density at radius 2 is 1.80 bits per heavy atom. The van der Waals surface area contributed by atoms with Crippen molar-refractivity contribution in [1.29, 1.82) is 0 Å². The fourth-order valence-electron chi connectivity index (χ4n) is 0. The van der Waals surface area contributed by atoms with Gasteiger partial charge in [-0.3, -0.25) is 0 Å². The third kappa shape index (κ3) is 4.96. The van der Waals surface area contributed by atoms with Gasteiger partial charge in [0.25, 0.3) is 0 Å². The topological polar surface area (TPSA) is 49.7 Å². The van der Waals surface area contributed by atoms with Crippen molar-refractivity contribution in [1.82, 2.24) is 0 Å². The molecule has 0 aliphatic heterocycles. The Hall–Kier alpha value is 0.959. The van der Waals surface area contributed by atoms with E-state index < -0.39 is 8.60 Å². The molecule has 3 nitrogen and oxygen atoms in total. The van der Waals surface area contributed by atoms with E-state index in [0.717, 1.165) is 0 Å². The average molecular weight is 273 g/mol. The molecule has 0 heterocycles. The van der Waals surface area contributed by atoms with Crippen molar-refractivity contribution >= 4 is 8.60 Å². The van der Waals surface area contributed by atoms with Gasteiger partial charge in [-0.05, 0) is 0 Å². The van der Waals surface area contributed by atoms with Crippen molar-refractivity contribution in [2.24, 2.45) is 0 Å². The van der Waals surface area contributed by atoms with Crippen LogP contribution in [0.3, 0.4) is 0 Å². The molecule has 0 aliphatic rings. The number of hydrogen-bond acceptors (Lipinski definition) is 3. The van der Waals surface area contributed by atoms with E-state index >= 15 is 0 Å². The third-order valence-electron chi connectivity index (χ3n) is 0.0544. The third-order valence-corrected chi connectivity index (χ3v) is 1.34. The summed E-state index contributed by atoms with van der Waals surface area (Å²) in [6, 6.07) is 0. The summed E-state index contributed by atoms with van der Waals surface area (Å²) < 4.78 is 3.93. The van der Waals surface area contributed by atoms with Gasteiger partial charge >= 0.3 is 40.9 Å².